The summed E-state index contributed by atoms with van der Waals surface area (Å²) in [7, 11) is 0. The Balaban J connectivity index is 1.83. The van der Waals surface area contributed by atoms with Gasteiger partial charge in [0.05, 0.1) is 0 Å². The van der Waals surface area contributed by atoms with Crippen molar-refractivity contribution in [2.45, 2.75) is 52.6 Å². The highest BCUT2D eigenvalue weighted by Gasteiger charge is 2.37. The maximum Gasteiger partial charge on any atom is 0.0300 e. The predicted octanol–water partition coefficient (Wildman–Crippen LogP) is 5.32. The molecule has 0 heterocycles. The van der Waals surface area contributed by atoms with Gasteiger partial charge in [-0.25, -0.2) is 0 Å². The summed E-state index contributed by atoms with van der Waals surface area (Å²) in [6, 6.07) is 16.4. The largest absolute Gasteiger partial charge is 0.307 e. The van der Waals surface area contributed by atoms with E-state index in [9.17, 15) is 0 Å². The second-order valence-corrected chi connectivity index (χ2v) is 7.61. The van der Waals surface area contributed by atoms with Crippen LogP contribution in [0.25, 0.3) is 10.8 Å². The molecule has 2 aromatic rings. The molecule has 0 spiro atoms. The van der Waals surface area contributed by atoms with Crippen LogP contribution in [0.4, 0.5) is 0 Å². The Morgan fingerprint density at radius 3 is 2.48 bits per heavy atom. The average molecular weight is 281 g/mol. The van der Waals surface area contributed by atoms with Gasteiger partial charge in [-0.3, -0.25) is 0 Å². The van der Waals surface area contributed by atoms with Gasteiger partial charge in [0, 0.05) is 12.1 Å². The average Bonchev–Trinajstić information content (AvgIpc) is 2.70. The van der Waals surface area contributed by atoms with Crippen LogP contribution in [0.15, 0.2) is 42.5 Å². The molecule has 3 unspecified atom stereocenters. The molecule has 3 atom stereocenters. The van der Waals surface area contributed by atoms with Crippen molar-refractivity contribution < 1.29 is 0 Å². The number of fused-ring (bicyclic) bond motifs is 1. The van der Waals surface area contributed by atoms with E-state index < -0.39 is 0 Å². The highest BCUT2D eigenvalue weighted by atomic mass is 15.0. The second-order valence-electron chi connectivity index (χ2n) is 7.61. The Morgan fingerprint density at radius 1 is 1.05 bits per heavy atom. The van der Waals surface area contributed by atoms with Crippen LogP contribution in [-0.4, -0.2) is 6.04 Å². The molecule has 1 saturated carbocycles. The van der Waals surface area contributed by atoms with Crippen molar-refractivity contribution >= 4 is 10.8 Å². The molecule has 1 fully saturated rings. The van der Waals surface area contributed by atoms with Crippen LogP contribution in [-0.2, 0) is 0 Å². The Kier molecular flexibility index (Phi) is 3.79. The first-order chi connectivity index (χ1) is 9.96. The van der Waals surface area contributed by atoms with Crippen molar-refractivity contribution in [1.82, 2.24) is 5.32 Å². The lowest BCUT2D eigenvalue weighted by Crippen LogP contribution is -2.33. The molecule has 1 aliphatic rings. The Morgan fingerprint density at radius 2 is 1.76 bits per heavy atom. The fourth-order valence-corrected chi connectivity index (χ4v) is 4.16. The summed E-state index contributed by atoms with van der Waals surface area (Å²) < 4.78 is 0. The van der Waals surface area contributed by atoms with E-state index in [1.54, 1.807) is 0 Å². The predicted molar refractivity (Wildman–Crippen MR) is 91.5 cm³/mol. The van der Waals surface area contributed by atoms with Crippen molar-refractivity contribution in [3.63, 3.8) is 0 Å². The lowest BCUT2D eigenvalue weighted by Gasteiger charge is -2.24. The van der Waals surface area contributed by atoms with Crippen molar-refractivity contribution in [2.75, 3.05) is 0 Å². The van der Waals surface area contributed by atoms with Crippen molar-refractivity contribution in [3.05, 3.63) is 48.0 Å². The highest BCUT2D eigenvalue weighted by Crippen LogP contribution is 2.41. The van der Waals surface area contributed by atoms with Gasteiger partial charge in [0.25, 0.3) is 0 Å². The first-order valence-corrected chi connectivity index (χ1v) is 8.20. The van der Waals surface area contributed by atoms with Gasteiger partial charge in [-0.1, -0.05) is 63.2 Å². The highest BCUT2D eigenvalue weighted by molar-refractivity contribution is 5.86. The SMILES string of the molecule is CC(NC1CC(C)(C)CC1C)c1cccc2ccccc12. The molecule has 0 aliphatic heterocycles. The standard InChI is InChI=1S/C20H27N/c1-14-12-20(3,4)13-19(14)21-15(2)17-11-7-9-16-8-5-6-10-18(16)17/h5-11,14-15,19,21H,12-13H2,1-4H3. The summed E-state index contributed by atoms with van der Waals surface area (Å²) in [5.74, 6) is 0.762. The zero-order valence-electron chi connectivity index (χ0n) is 13.7. The van der Waals surface area contributed by atoms with Gasteiger partial charge in [-0.2, -0.15) is 0 Å². The fraction of sp³-hybridized carbons (Fsp3) is 0.500. The van der Waals surface area contributed by atoms with Gasteiger partial charge < -0.3 is 5.32 Å². The topological polar surface area (TPSA) is 12.0 Å². The minimum absolute atomic E-state index is 0.400. The molecule has 3 rings (SSSR count). The first kappa shape index (κ1) is 14.6. The van der Waals surface area contributed by atoms with Crippen LogP contribution < -0.4 is 5.32 Å². The van der Waals surface area contributed by atoms with E-state index in [2.05, 4.69) is 75.5 Å². The third-order valence-corrected chi connectivity index (χ3v) is 5.09. The molecular weight excluding hydrogens is 254 g/mol. The molecular formula is C20H27N. The molecule has 1 aliphatic carbocycles. The molecule has 112 valence electrons. The molecule has 2 aromatic carbocycles. The minimum atomic E-state index is 0.400. The molecule has 1 heteroatoms. The van der Waals surface area contributed by atoms with Gasteiger partial charge in [-0.05, 0) is 47.4 Å². The van der Waals surface area contributed by atoms with Crippen molar-refractivity contribution in [3.8, 4) is 0 Å². The van der Waals surface area contributed by atoms with Gasteiger partial charge in [0.15, 0.2) is 0 Å². The number of hydrogen-bond acceptors (Lipinski definition) is 1. The van der Waals surface area contributed by atoms with Gasteiger partial charge >= 0.3 is 0 Å². The molecule has 0 aromatic heterocycles. The lowest BCUT2D eigenvalue weighted by atomic mass is 9.91. The van der Waals surface area contributed by atoms with Crippen molar-refractivity contribution in [1.29, 1.82) is 0 Å². The van der Waals surface area contributed by atoms with E-state index >= 15 is 0 Å². The summed E-state index contributed by atoms with van der Waals surface area (Å²) >= 11 is 0. The molecule has 0 saturated heterocycles. The summed E-state index contributed by atoms with van der Waals surface area (Å²) in [4.78, 5) is 0. The van der Waals surface area contributed by atoms with Crippen LogP contribution in [0.1, 0.15) is 52.1 Å². The zero-order valence-corrected chi connectivity index (χ0v) is 13.7. The van der Waals surface area contributed by atoms with Crippen molar-refractivity contribution in [2.24, 2.45) is 11.3 Å². The third-order valence-electron chi connectivity index (χ3n) is 5.09. The van der Waals surface area contributed by atoms with Crippen LogP contribution in [0.5, 0.6) is 0 Å². The van der Waals surface area contributed by atoms with Crippen LogP contribution in [0.3, 0.4) is 0 Å². The summed E-state index contributed by atoms with van der Waals surface area (Å²) in [6.07, 6.45) is 2.61. The minimum Gasteiger partial charge on any atom is -0.307 e. The van der Waals surface area contributed by atoms with E-state index in [-0.39, 0.29) is 0 Å². The molecule has 0 bridgehead atoms. The molecule has 1 nitrogen and oxygen atoms in total. The number of nitrogens with one attached hydrogen (secondary N) is 1. The van der Waals surface area contributed by atoms with Crippen LogP contribution in [0, 0.1) is 11.3 Å². The summed E-state index contributed by atoms with van der Waals surface area (Å²) in [6.45, 7) is 9.49. The molecule has 21 heavy (non-hydrogen) atoms. The van der Waals surface area contributed by atoms with E-state index in [4.69, 9.17) is 0 Å². The maximum absolute atomic E-state index is 3.89. The van der Waals surface area contributed by atoms with Crippen LogP contribution in [0.2, 0.25) is 0 Å². The maximum atomic E-state index is 3.89. The monoisotopic (exact) mass is 281 g/mol. The Bertz CT molecular complexity index is 623. The van der Waals surface area contributed by atoms with E-state index in [0.717, 1.165) is 5.92 Å². The van der Waals surface area contributed by atoms with Gasteiger partial charge in [0.1, 0.15) is 0 Å². The lowest BCUT2D eigenvalue weighted by molar-refractivity contribution is 0.356. The Hall–Kier alpha value is -1.34. The number of benzene rings is 2. The molecule has 1 N–H and O–H groups in total. The van der Waals surface area contributed by atoms with Gasteiger partial charge in [-0.15, -0.1) is 0 Å². The summed E-state index contributed by atoms with van der Waals surface area (Å²) in [5.41, 5.74) is 1.90. The van der Waals surface area contributed by atoms with E-state index in [1.807, 2.05) is 0 Å². The number of rotatable bonds is 3. The van der Waals surface area contributed by atoms with Gasteiger partial charge in [0.2, 0.25) is 0 Å². The number of hydrogen-bond donors (Lipinski definition) is 1. The van der Waals surface area contributed by atoms with E-state index in [1.165, 1.54) is 29.2 Å². The fourth-order valence-electron chi connectivity index (χ4n) is 4.16. The third kappa shape index (κ3) is 2.98. The smallest absolute Gasteiger partial charge is 0.0300 e. The molecule has 0 radical (unpaired) electrons. The first-order valence-electron chi connectivity index (χ1n) is 8.20. The quantitative estimate of drug-likeness (QED) is 0.803. The normalized spacial score (nSPS) is 26.1. The zero-order chi connectivity index (χ0) is 15.0. The Labute approximate surface area is 128 Å². The summed E-state index contributed by atoms with van der Waals surface area (Å²) in [5, 5.41) is 6.61. The molecule has 0 amide bonds. The van der Waals surface area contributed by atoms with E-state index in [0.29, 0.717) is 17.5 Å². The second kappa shape index (κ2) is 5.46. The van der Waals surface area contributed by atoms with Crippen LogP contribution >= 0.6 is 0 Å².